The van der Waals surface area contributed by atoms with Crippen molar-refractivity contribution >= 4 is 23.5 Å². The summed E-state index contributed by atoms with van der Waals surface area (Å²) >= 11 is 0. The highest BCUT2D eigenvalue weighted by molar-refractivity contribution is 5.91. The molecular formula is C37H49N5O5. The van der Waals surface area contributed by atoms with E-state index >= 15 is 0 Å². The lowest BCUT2D eigenvalue weighted by Gasteiger charge is -2.35. The van der Waals surface area contributed by atoms with Crippen LogP contribution in [0.2, 0.25) is 0 Å². The van der Waals surface area contributed by atoms with E-state index in [9.17, 15) is 24.3 Å². The molecule has 10 heteroatoms. The van der Waals surface area contributed by atoms with Gasteiger partial charge in [-0.2, -0.15) is 0 Å². The predicted octanol–water partition coefficient (Wildman–Crippen LogP) is 3.75. The Morgan fingerprint density at radius 3 is 1.72 bits per heavy atom. The van der Waals surface area contributed by atoms with E-state index in [1.54, 1.807) is 29.3 Å². The maximum atomic E-state index is 14.1. The molecule has 3 aromatic rings. The smallest absolute Gasteiger partial charge is 0.257 e. The van der Waals surface area contributed by atoms with Crippen molar-refractivity contribution in [3.05, 3.63) is 96.1 Å². The van der Waals surface area contributed by atoms with Gasteiger partial charge in [0.2, 0.25) is 11.8 Å². The van der Waals surface area contributed by atoms with Gasteiger partial charge in [0.05, 0.1) is 18.1 Å². The van der Waals surface area contributed by atoms with Gasteiger partial charge in [-0.1, -0.05) is 113 Å². The van der Waals surface area contributed by atoms with Gasteiger partial charge < -0.3 is 21.5 Å². The van der Waals surface area contributed by atoms with Crippen LogP contribution in [0.25, 0.3) is 11.1 Å². The molecule has 0 aliphatic rings. The van der Waals surface area contributed by atoms with Gasteiger partial charge in [0.15, 0.2) is 5.78 Å². The fourth-order valence-electron chi connectivity index (χ4n) is 5.60. The SMILES string of the molecule is CC(=O)N[C@H](C(=O)NN(Cc1ccc(-c2ccccc2)cc1)C[C@H](O)C(C(=O)[C@@H](NC(C)=O)C(C)C)C(N)c1ccccc1)C(C)C. The zero-order valence-corrected chi connectivity index (χ0v) is 28.1. The normalized spacial score (nSPS) is 14.6. The van der Waals surface area contributed by atoms with Gasteiger partial charge in [-0.05, 0) is 34.1 Å². The number of carbonyl (C=O) groups is 4. The Bertz CT molecular complexity index is 1460. The fraction of sp³-hybridized carbons (Fsp3) is 0.405. The lowest BCUT2D eigenvalue weighted by Crippen LogP contribution is -2.57. The van der Waals surface area contributed by atoms with Gasteiger partial charge in [0, 0.05) is 33.0 Å². The molecule has 10 nitrogen and oxygen atoms in total. The number of rotatable bonds is 16. The van der Waals surface area contributed by atoms with Crippen molar-refractivity contribution in [2.75, 3.05) is 6.54 Å². The van der Waals surface area contributed by atoms with Gasteiger partial charge in [0.25, 0.3) is 5.91 Å². The topological polar surface area (TPSA) is 154 Å². The van der Waals surface area contributed by atoms with Crippen molar-refractivity contribution in [1.29, 1.82) is 0 Å². The van der Waals surface area contributed by atoms with Crippen molar-refractivity contribution < 1.29 is 24.3 Å². The quantitative estimate of drug-likeness (QED) is 0.149. The molecule has 0 aromatic heterocycles. The number of aliphatic hydroxyl groups excluding tert-OH is 1. The van der Waals surface area contributed by atoms with Crippen LogP contribution in [0, 0.1) is 17.8 Å². The average molecular weight is 644 g/mol. The highest BCUT2D eigenvalue weighted by atomic mass is 16.3. The first kappa shape index (κ1) is 37.1. The van der Waals surface area contributed by atoms with Gasteiger partial charge in [-0.25, -0.2) is 5.01 Å². The van der Waals surface area contributed by atoms with E-state index in [0.717, 1.165) is 16.7 Å². The van der Waals surface area contributed by atoms with E-state index < -0.39 is 41.8 Å². The highest BCUT2D eigenvalue weighted by Crippen LogP contribution is 2.27. The summed E-state index contributed by atoms with van der Waals surface area (Å²) in [5.74, 6) is -3.21. The molecule has 3 rings (SSSR count). The predicted molar refractivity (Wildman–Crippen MR) is 183 cm³/mol. The second kappa shape index (κ2) is 17.5. The number of aliphatic hydroxyl groups is 1. The summed E-state index contributed by atoms with van der Waals surface area (Å²) in [7, 11) is 0. The summed E-state index contributed by atoms with van der Waals surface area (Å²) in [6.45, 7) is 9.98. The van der Waals surface area contributed by atoms with Gasteiger partial charge >= 0.3 is 0 Å². The van der Waals surface area contributed by atoms with Gasteiger partial charge in [-0.15, -0.1) is 0 Å². The number of hydrazine groups is 1. The van der Waals surface area contributed by atoms with Crippen molar-refractivity contribution in [3.8, 4) is 11.1 Å². The molecule has 3 amide bonds. The lowest BCUT2D eigenvalue weighted by atomic mass is 9.80. The first-order valence-corrected chi connectivity index (χ1v) is 16.0. The lowest BCUT2D eigenvalue weighted by molar-refractivity contribution is -0.136. The Balaban J connectivity index is 1.98. The molecule has 0 radical (unpaired) electrons. The maximum Gasteiger partial charge on any atom is 0.257 e. The molecule has 0 saturated carbocycles. The molecule has 0 bridgehead atoms. The highest BCUT2D eigenvalue weighted by Gasteiger charge is 2.40. The standard InChI is InChI=1S/C37H49N5O5/c1-23(2)34(39-25(5)43)36(46)32(33(38)30-15-11-8-12-16-30)31(45)22-42(41-37(47)35(24(3)4)40-26(6)44)21-27-17-19-29(20-18-27)28-13-9-7-10-14-28/h7-20,23-24,31-35,45H,21-22,38H2,1-6H3,(H,39,43)(H,40,44)(H,41,47)/t31-,32?,33?,34-,35-/m0/s1. The summed E-state index contributed by atoms with van der Waals surface area (Å²) in [6, 6.07) is 24.1. The van der Waals surface area contributed by atoms with Gasteiger partial charge in [0.1, 0.15) is 6.04 Å². The van der Waals surface area contributed by atoms with Crippen LogP contribution < -0.4 is 21.8 Å². The summed E-state index contributed by atoms with van der Waals surface area (Å²) < 4.78 is 0. The number of Topliss-reactive ketones (excluding diaryl/α,β-unsaturated/α-hetero) is 1. The summed E-state index contributed by atoms with van der Waals surface area (Å²) in [6.07, 6.45) is -1.35. The second-order valence-corrected chi connectivity index (χ2v) is 12.7. The van der Waals surface area contributed by atoms with E-state index in [4.69, 9.17) is 5.73 Å². The molecule has 3 aromatic carbocycles. The molecule has 2 unspecified atom stereocenters. The van der Waals surface area contributed by atoms with E-state index in [2.05, 4.69) is 16.1 Å². The number of carbonyl (C=O) groups excluding carboxylic acids is 4. The minimum absolute atomic E-state index is 0.168. The van der Waals surface area contributed by atoms with E-state index in [1.165, 1.54) is 13.8 Å². The zero-order chi connectivity index (χ0) is 34.7. The summed E-state index contributed by atoms with van der Waals surface area (Å²) in [5.41, 5.74) is 13.2. The van der Waals surface area contributed by atoms with Crippen LogP contribution in [-0.4, -0.2) is 58.4 Å². The zero-order valence-electron chi connectivity index (χ0n) is 28.1. The Labute approximate surface area is 278 Å². The van der Waals surface area contributed by atoms with Gasteiger partial charge in [-0.3, -0.25) is 24.6 Å². The minimum atomic E-state index is -1.35. The molecule has 0 spiro atoms. The number of nitrogens with one attached hydrogen (secondary N) is 3. The number of amides is 3. The molecule has 0 aliphatic carbocycles. The summed E-state index contributed by atoms with van der Waals surface area (Å²) in [5, 5.41) is 18.8. The third-order valence-corrected chi connectivity index (χ3v) is 8.06. The van der Waals surface area contributed by atoms with Crippen LogP contribution in [0.3, 0.4) is 0 Å². The first-order chi connectivity index (χ1) is 22.3. The minimum Gasteiger partial charge on any atom is -0.391 e. The van der Waals surface area contributed by atoms with E-state index in [1.807, 2.05) is 88.4 Å². The number of hydrogen-bond acceptors (Lipinski definition) is 7. The molecule has 5 atom stereocenters. The molecule has 0 fully saturated rings. The van der Waals surface area contributed by atoms with Crippen LogP contribution in [-0.2, 0) is 25.7 Å². The molecule has 6 N–H and O–H groups in total. The maximum absolute atomic E-state index is 14.1. The summed E-state index contributed by atoms with van der Waals surface area (Å²) in [4.78, 5) is 51.6. The van der Waals surface area contributed by atoms with Crippen molar-refractivity contribution in [3.63, 3.8) is 0 Å². The van der Waals surface area contributed by atoms with E-state index in [0.29, 0.717) is 5.56 Å². The first-order valence-electron chi connectivity index (χ1n) is 16.0. The number of hydrogen-bond donors (Lipinski definition) is 5. The van der Waals surface area contributed by atoms with Crippen LogP contribution in [0.1, 0.15) is 58.7 Å². The van der Waals surface area contributed by atoms with Crippen molar-refractivity contribution in [2.24, 2.45) is 23.5 Å². The van der Waals surface area contributed by atoms with Crippen molar-refractivity contribution in [1.82, 2.24) is 21.1 Å². The molecule has 0 heterocycles. The second-order valence-electron chi connectivity index (χ2n) is 12.7. The average Bonchev–Trinajstić information content (AvgIpc) is 3.03. The largest absolute Gasteiger partial charge is 0.391 e. The Morgan fingerprint density at radius 2 is 1.21 bits per heavy atom. The molecule has 252 valence electrons. The fourth-order valence-corrected chi connectivity index (χ4v) is 5.60. The van der Waals surface area contributed by atoms with E-state index in [-0.39, 0.29) is 36.7 Å². The number of ketones is 1. The number of benzene rings is 3. The third-order valence-electron chi connectivity index (χ3n) is 8.06. The third kappa shape index (κ3) is 10.8. The van der Waals surface area contributed by atoms with Crippen LogP contribution in [0.5, 0.6) is 0 Å². The molecule has 0 aliphatic heterocycles. The Kier molecular flexibility index (Phi) is 13.8. The monoisotopic (exact) mass is 643 g/mol. The molecular weight excluding hydrogens is 594 g/mol. The molecule has 47 heavy (non-hydrogen) atoms. The van der Waals surface area contributed by atoms with Crippen LogP contribution in [0.4, 0.5) is 0 Å². The van der Waals surface area contributed by atoms with Crippen molar-refractivity contribution in [2.45, 2.75) is 72.3 Å². The molecule has 0 saturated heterocycles. The number of nitrogens with zero attached hydrogens (tertiary/aromatic N) is 1. The number of nitrogens with two attached hydrogens (primary N) is 1. The van der Waals surface area contributed by atoms with Crippen LogP contribution in [0.15, 0.2) is 84.9 Å². The Hall–Kier alpha value is -4.38. The van der Waals surface area contributed by atoms with Crippen LogP contribution >= 0.6 is 0 Å². The Morgan fingerprint density at radius 1 is 0.723 bits per heavy atom.